The minimum atomic E-state index is -3.85. The Balaban J connectivity index is 2.25. The van der Waals surface area contributed by atoms with Crippen LogP contribution in [-0.2, 0) is 20.5 Å². The summed E-state index contributed by atoms with van der Waals surface area (Å²) >= 11 is 5.74. The van der Waals surface area contributed by atoms with Gasteiger partial charge in [0.15, 0.2) is 0 Å². The van der Waals surface area contributed by atoms with E-state index in [2.05, 4.69) is 4.74 Å². The number of rotatable bonds is 3. The first-order chi connectivity index (χ1) is 8.40. The molecule has 0 aliphatic carbocycles. The third kappa shape index (κ3) is 2.56. The number of carbonyl (C=O) groups excluding carboxylic acids is 1. The second-order valence-corrected chi connectivity index (χ2v) is 5.98. The van der Waals surface area contributed by atoms with Crippen LogP contribution in [0, 0.1) is 5.82 Å². The minimum absolute atomic E-state index is 0.00568. The molecule has 0 radical (unpaired) electrons. The Hall–Kier alpha value is -1.34. The molecular weight excluding hydrogens is 285 g/mol. The standard InChI is InChI=1S/C10H9ClFNO4S/c11-9-5-8(12)2-1-7(9)6-18(15,16)13-3-4-17-10(13)14/h1-2,5H,3-4,6H2. The third-order valence-corrected chi connectivity index (χ3v) is 4.44. The van der Waals surface area contributed by atoms with Crippen molar-refractivity contribution < 1.29 is 22.3 Å². The second-order valence-electron chi connectivity index (χ2n) is 3.68. The van der Waals surface area contributed by atoms with E-state index in [1.165, 1.54) is 6.07 Å². The third-order valence-electron chi connectivity index (χ3n) is 2.41. The fourth-order valence-electron chi connectivity index (χ4n) is 1.54. The molecule has 0 bridgehead atoms. The van der Waals surface area contributed by atoms with E-state index in [4.69, 9.17) is 11.6 Å². The van der Waals surface area contributed by atoms with Gasteiger partial charge >= 0.3 is 6.09 Å². The molecule has 2 rings (SSSR count). The lowest BCUT2D eigenvalue weighted by Gasteiger charge is -2.13. The largest absolute Gasteiger partial charge is 0.447 e. The molecule has 0 atom stereocenters. The molecule has 0 N–H and O–H groups in total. The zero-order valence-electron chi connectivity index (χ0n) is 9.10. The lowest BCUT2D eigenvalue weighted by Crippen LogP contribution is -2.32. The van der Waals surface area contributed by atoms with Gasteiger partial charge in [0.05, 0.1) is 12.3 Å². The van der Waals surface area contributed by atoms with Crippen molar-refractivity contribution in [1.82, 2.24) is 4.31 Å². The number of hydrogen-bond donors (Lipinski definition) is 0. The molecule has 1 aliphatic rings. The Kier molecular flexibility index (Phi) is 3.45. The van der Waals surface area contributed by atoms with Crippen LogP contribution < -0.4 is 0 Å². The van der Waals surface area contributed by atoms with Gasteiger partial charge in [0.25, 0.3) is 0 Å². The number of amides is 1. The van der Waals surface area contributed by atoms with E-state index in [1.807, 2.05) is 0 Å². The summed E-state index contributed by atoms with van der Waals surface area (Å²) in [6, 6.07) is 3.41. The maximum Gasteiger partial charge on any atom is 0.423 e. The molecule has 1 aliphatic heterocycles. The summed E-state index contributed by atoms with van der Waals surface area (Å²) in [5.41, 5.74) is 0.234. The summed E-state index contributed by atoms with van der Waals surface area (Å²) < 4.78 is 41.9. The number of sulfonamides is 1. The monoisotopic (exact) mass is 293 g/mol. The maximum atomic E-state index is 12.8. The molecule has 1 aromatic carbocycles. The fourth-order valence-corrected chi connectivity index (χ4v) is 3.29. The minimum Gasteiger partial charge on any atom is -0.447 e. The topological polar surface area (TPSA) is 63.7 Å². The van der Waals surface area contributed by atoms with E-state index in [-0.39, 0.29) is 23.7 Å². The smallest absolute Gasteiger partial charge is 0.423 e. The molecule has 0 saturated carbocycles. The van der Waals surface area contributed by atoms with Gasteiger partial charge in [-0.1, -0.05) is 17.7 Å². The van der Waals surface area contributed by atoms with Crippen LogP contribution in [0.2, 0.25) is 5.02 Å². The molecule has 98 valence electrons. The van der Waals surface area contributed by atoms with Gasteiger partial charge in [-0.05, 0) is 17.7 Å². The first kappa shape index (κ1) is 13.1. The Bertz CT molecular complexity index is 590. The van der Waals surface area contributed by atoms with Crippen molar-refractivity contribution in [1.29, 1.82) is 0 Å². The summed E-state index contributed by atoms with van der Waals surface area (Å²) in [4.78, 5) is 11.2. The predicted octanol–water partition coefficient (Wildman–Crippen LogP) is 1.76. The molecule has 1 fully saturated rings. The lowest BCUT2D eigenvalue weighted by molar-refractivity contribution is 0.170. The maximum absolute atomic E-state index is 12.8. The van der Waals surface area contributed by atoms with Crippen molar-refractivity contribution in [3.05, 3.63) is 34.6 Å². The summed E-state index contributed by atoms with van der Waals surface area (Å²) in [6.07, 6.45) is -0.895. The predicted molar refractivity (Wildman–Crippen MR) is 62.1 cm³/mol. The molecule has 18 heavy (non-hydrogen) atoms. The number of halogens is 2. The van der Waals surface area contributed by atoms with E-state index >= 15 is 0 Å². The molecule has 1 aromatic rings. The number of cyclic esters (lactones) is 1. The van der Waals surface area contributed by atoms with E-state index in [0.717, 1.165) is 12.1 Å². The van der Waals surface area contributed by atoms with Crippen molar-refractivity contribution in [3.8, 4) is 0 Å². The van der Waals surface area contributed by atoms with Gasteiger partial charge in [-0.25, -0.2) is 21.9 Å². The number of nitrogens with zero attached hydrogens (tertiary/aromatic N) is 1. The Morgan fingerprint density at radius 1 is 1.44 bits per heavy atom. The first-order valence-electron chi connectivity index (χ1n) is 5.01. The Morgan fingerprint density at radius 3 is 2.72 bits per heavy atom. The highest BCUT2D eigenvalue weighted by atomic mass is 35.5. The van der Waals surface area contributed by atoms with Crippen molar-refractivity contribution >= 4 is 27.7 Å². The highest BCUT2D eigenvalue weighted by Crippen LogP contribution is 2.22. The van der Waals surface area contributed by atoms with Gasteiger partial charge in [-0.3, -0.25) is 0 Å². The summed E-state index contributed by atoms with van der Waals surface area (Å²) in [5.74, 6) is -1.02. The first-order valence-corrected chi connectivity index (χ1v) is 7.00. The van der Waals surface area contributed by atoms with Crippen LogP contribution >= 0.6 is 11.6 Å². The van der Waals surface area contributed by atoms with Crippen LogP contribution in [0.4, 0.5) is 9.18 Å². The van der Waals surface area contributed by atoms with Crippen LogP contribution in [-0.4, -0.2) is 32.0 Å². The number of carbonyl (C=O) groups is 1. The van der Waals surface area contributed by atoms with Crippen molar-refractivity contribution in [2.45, 2.75) is 5.75 Å². The normalized spacial score (nSPS) is 15.9. The average molecular weight is 294 g/mol. The van der Waals surface area contributed by atoms with Gasteiger partial charge in [0.1, 0.15) is 12.4 Å². The number of ether oxygens (including phenoxy) is 1. The average Bonchev–Trinajstić information content (AvgIpc) is 2.69. The van der Waals surface area contributed by atoms with Crippen molar-refractivity contribution in [2.24, 2.45) is 0 Å². The van der Waals surface area contributed by atoms with E-state index in [1.54, 1.807) is 0 Å². The molecule has 0 spiro atoms. The lowest BCUT2D eigenvalue weighted by atomic mass is 10.2. The zero-order valence-corrected chi connectivity index (χ0v) is 10.7. The van der Waals surface area contributed by atoms with Crippen molar-refractivity contribution in [3.63, 3.8) is 0 Å². The summed E-state index contributed by atoms with van der Waals surface area (Å²) in [5, 5.41) is 0.00568. The molecule has 0 aromatic heterocycles. The fraction of sp³-hybridized carbons (Fsp3) is 0.300. The van der Waals surface area contributed by atoms with Crippen molar-refractivity contribution in [2.75, 3.05) is 13.2 Å². The Labute approximate surface area is 108 Å². The van der Waals surface area contributed by atoms with E-state index in [9.17, 15) is 17.6 Å². The van der Waals surface area contributed by atoms with Gasteiger partial charge in [-0.2, -0.15) is 0 Å². The van der Waals surface area contributed by atoms with E-state index < -0.39 is 27.7 Å². The Morgan fingerprint density at radius 2 is 2.17 bits per heavy atom. The zero-order chi connectivity index (χ0) is 13.3. The molecule has 1 heterocycles. The molecule has 8 heteroatoms. The molecular formula is C10H9ClFNO4S. The molecule has 5 nitrogen and oxygen atoms in total. The van der Waals surface area contributed by atoms with Crippen LogP contribution in [0.15, 0.2) is 18.2 Å². The van der Waals surface area contributed by atoms with Crippen LogP contribution in [0.25, 0.3) is 0 Å². The second kappa shape index (κ2) is 4.74. The highest BCUT2D eigenvalue weighted by Gasteiger charge is 2.33. The summed E-state index contributed by atoms with van der Waals surface area (Å²) in [6.45, 7) is 0.0230. The van der Waals surface area contributed by atoms with Gasteiger partial charge in [0.2, 0.25) is 10.0 Å². The number of benzene rings is 1. The van der Waals surface area contributed by atoms with E-state index in [0.29, 0.717) is 4.31 Å². The van der Waals surface area contributed by atoms with Crippen LogP contribution in [0.3, 0.4) is 0 Å². The molecule has 1 saturated heterocycles. The van der Waals surface area contributed by atoms with Gasteiger partial charge in [0, 0.05) is 5.02 Å². The SMILES string of the molecule is O=C1OCCN1S(=O)(=O)Cc1ccc(F)cc1Cl. The highest BCUT2D eigenvalue weighted by molar-refractivity contribution is 7.88. The quantitative estimate of drug-likeness (QED) is 0.852. The van der Waals surface area contributed by atoms with Crippen LogP contribution in [0.5, 0.6) is 0 Å². The van der Waals surface area contributed by atoms with Crippen LogP contribution in [0.1, 0.15) is 5.56 Å². The molecule has 1 amide bonds. The van der Waals surface area contributed by atoms with Gasteiger partial charge in [-0.15, -0.1) is 0 Å². The molecule has 0 unspecified atom stereocenters. The summed E-state index contributed by atoms with van der Waals surface area (Å²) in [7, 11) is -3.85. The van der Waals surface area contributed by atoms with Gasteiger partial charge < -0.3 is 4.74 Å². The number of hydrogen-bond acceptors (Lipinski definition) is 4.